The van der Waals surface area contributed by atoms with E-state index < -0.39 is 0 Å². The highest BCUT2D eigenvalue weighted by molar-refractivity contribution is 5.64. The van der Waals surface area contributed by atoms with Crippen molar-refractivity contribution in [3.8, 4) is 16.9 Å². The third-order valence-electron chi connectivity index (χ3n) is 6.63. The summed E-state index contributed by atoms with van der Waals surface area (Å²) in [5.74, 6) is 0.983. The lowest BCUT2D eigenvalue weighted by Crippen LogP contribution is -2.09. The number of ether oxygens (including phenoxy) is 2. The maximum Gasteiger partial charge on any atom is 0.119 e. The Labute approximate surface area is 210 Å². The lowest BCUT2D eigenvalue weighted by atomic mass is 10.0. The number of benzene rings is 2. The van der Waals surface area contributed by atoms with Gasteiger partial charge in [-0.2, -0.15) is 0 Å². The topological polar surface area (TPSA) is 18.5 Å². The summed E-state index contributed by atoms with van der Waals surface area (Å²) >= 11 is 0. The van der Waals surface area contributed by atoms with Gasteiger partial charge in [-0.25, -0.2) is 0 Å². The van der Waals surface area contributed by atoms with Crippen LogP contribution in [-0.4, -0.2) is 19.3 Å². The Morgan fingerprint density at radius 1 is 0.588 bits per heavy atom. The first-order chi connectivity index (χ1) is 16.7. The van der Waals surface area contributed by atoms with Crippen molar-refractivity contribution in [3.63, 3.8) is 0 Å². The monoisotopic (exact) mass is 466 g/mol. The number of unbranched alkanes of at least 4 members (excludes halogenated alkanes) is 9. The van der Waals surface area contributed by atoms with Crippen molar-refractivity contribution in [2.45, 2.75) is 117 Å². The Kier molecular flexibility index (Phi) is 15.5. The smallest absolute Gasteiger partial charge is 0.119 e. The number of hydrogen-bond acceptors (Lipinski definition) is 2. The maximum atomic E-state index is 5.95. The minimum atomic E-state index is 0.390. The second-order valence-electron chi connectivity index (χ2n) is 9.83. The van der Waals surface area contributed by atoms with E-state index in [0.717, 1.165) is 38.2 Å². The van der Waals surface area contributed by atoms with Gasteiger partial charge in [0.2, 0.25) is 0 Å². The molecule has 1 atom stereocenters. The van der Waals surface area contributed by atoms with Crippen LogP contribution >= 0.6 is 0 Å². The molecule has 0 aliphatic heterocycles. The highest BCUT2D eigenvalue weighted by Crippen LogP contribution is 2.23. The normalized spacial score (nSPS) is 12.1. The summed E-state index contributed by atoms with van der Waals surface area (Å²) in [5, 5.41) is 0. The van der Waals surface area contributed by atoms with Crippen LogP contribution < -0.4 is 4.74 Å². The molecule has 0 radical (unpaired) electrons. The molecule has 0 spiro atoms. The Hall–Kier alpha value is -1.80. The molecule has 0 amide bonds. The first-order valence-electron chi connectivity index (χ1n) is 14.2. The fourth-order valence-corrected chi connectivity index (χ4v) is 4.31. The van der Waals surface area contributed by atoms with Gasteiger partial charge in [-0.1, -0.05) is 108 Å². The van der Waals surface area contributed by atoms with Crippen molar-refractivity contribution in [1.29, 1.82) is 0 Å². The zero-order chi connectivity index (χ0) is 24.3. The Balaban J connectivity index is 1.61. The van der Waals surface area contributed by atoms with Gasteiger partial charge in [-0.3, -0.25) is 0 Å². The van der Waals surface area contributed by atoms with Crippen molar-refractivity contribution < 1.29 is 9.47 Å². The van der Waals surface area contributed by atoms with E-state index in [1.165, 1.54) is 87.3 Å². The summed E-state index contributed by atoms with van der Waals surface area (Å²) in [6, 6.07) is 17.6. The minimum Gasteiger partial charge on any atom is -0.494 e. The van der Waals surface area contributed by atoms with Gasteiger partial charge in [0.25, 0.3) is 0 Å². The summed E-state index contributed by atoms with van der Waals surface area (Å²) < 4.78 is 11.8. The molecule has 0 saturated heterocycles. The van der Waals surface area contributed by atoms with Crippen LogP contribution in [0.4, 0.5) is 0 Å². The standard InChI is InChI=1S/C32H50O2/c1-4-6-8-9-10-11-12-15-27-34-32-24-22-31(23-25-32)30-20-18-29(19-21-30)17-14-13-16-28(3)33-26-7-5-2/h18-25,28H,4-17,26-27H2,1-3H3. The molecule has 0 heterocycles. The van der Waals surface area contributed by atoms with E-state index in [1.807, 2.05) is 0 Å². The molecule has 2 rings (SSSR count). The quantitative estimate of drug-likeness (QED) is 0.181. The summed E-state index contributed by atoms with van der Waals surface area (Å²) in [7, 11) is 0. The van der Waals surface area contributed by atoms with Crippen LogP contribution in [0.3, 0.4) is 0 Å². The SMILES string of the molecule is CCCCCCCCCCOc1ccc(-c2ccc(CCCCC(C)OCCCC)cc2)cc1. The molecule has 2 nitrogen and oxygen atoms in total. The molecule has 2 aromatic rings. The largest absolute Gasteiger partial charge is 0.494 e. The van der Waals surface area contributed by atoms with Crippen LogP contribution in [0.1, 0.15) is 110 Å². The number of rotatable bonds is 20. The van der Waals surface area contributed by atoms with Gasteiger partial charge in [0.05, 0.1) is 12.7 Å². The fourth-order valence-electron chi connectivity index (χ4n) is 4.31. The zero-order valence-electron chi connectivity index (χ0n) is 22.3. The lowest BCUT2D eigenvalue weighted by molar-refractivity contribution is 0.0567. The molecule has 0 saturated carbocycles. The lowest BCUT2D eigenvalue weighted by Gasteiger charge is -2.12. The molecule has 2 heteroatoms. The van der Waals surface area contributed by atoms with Crippen molar-refractivity contribution in [2.24, 2.45) is 0 Å². The maximum absolute atomic E-state index is 5.95. The van der Waals surface area contributed by atoms with Gasteiger partial charge in [-0.15, -0.1) is 0 Å². The summed E-state index contributed by atoms with van der Waals surface area (Å²) in [6.07, 6.45) is 18.2. The van der Waals surface area contributed by atoms with Gasteiger partial charge in [0, 0.05) is 6.61 Å². The molecule has 0 aromatic heterocycles. The van der Waals surface area contributed by atoms with E-state index in [2.05, 4.69) is 69.3 Å². The Morgan fingerprint density at radius 3 is 1.82 bits per heavy atom. The van der Waals surface area contributed by atoms with Gasteiger partial charge < -0.3 is 9.47 Å². The van der Waals surface area contributed by atoms with E-state index in [1.54, 1.807) is 0 Å². The third-order valence-corrected chi connectivity index (χ3v) is 6.63. The Bertz CT molecular complexity index is 720. The molecule has 34 heavy (non-hydrogen) atoms. The zero-order valence-corrected chi connectivity index (χ0v) is 22.3. The highest BCUT2D eigenvalue weighted by Gasteiger charge is 2.03. The van der Waals surface area contributed by atoms with Crippen molar-refractivity contribution in [1.82, 2.24) is 0 Å². The predicted octanol–water partition coefficient (Wildman–Crippen LogP) is 9.79. The minimum absolute atomic E-state index is 0.390. The average molecular weight is 467 g/mol. The van der Waals surface area contributed by atoms with Gasteiger partial charge in [0.1, 0.15) is 5.75 Å². The molecular weight excluding hydrogens is 416 g/mol. The van der Waals surface area contributed by atoms with Crippen LogP contribution in [0, 0.1) is 0 Å². The van der Waals surface area contributed by atoms with E-state index in [0.29, 0.717) is 6.10 Å². The summed E-state index contributed by atoms with van der Waals surface area (Å²) in [4.78, 5) is 0. The number of hydrogen-bond donors (Lipinski definition) is 0. The second-order valence-corrected chi connectivity index (χ2v) is 9.83. The van der Waals surface area contributed by atoms with Gasteiger partial charge >= 0.3 is 0 Å². The molecule has 0 aliphatic rings. The molecule has 1 unspecified atom stereocenters. The van der Waals surface area contributed by atoms with Gasteiger partial charge in [0.15, 0.2) is 0 Å². The van der Waals surface area contributed by atoms with E-state index in [9.17, 15) is 0 Å². The van der Waals surface area contributed by atoms with Crippen molar-refractivity contribution >= 4 is 0 Å². The molecule has 190 valence electrons. The van der Waals surface area contributed by atoms with Gasteiger partial charge in [-0.05, 0) is 67.9 Å². The molecule has 0 N–H and O–H groups in total. The van der Waals surface area contributed by atoms with Crippen LogP contribution in [0.25, 0.3) is 11.1 Å². The van der Waals surface area contributed by atoms with Crippen LogP contribution in [-0.2, 0) is 11.2 Å². The van der Waals surface area contributed by atoms with E-state index >= 15 is 0 Å². The highest BCUT2D eigenvalue weighted by atomic mass is 16.5. The fraction of sp³-hybridized carbons (Fsp3) is 0.625. The second kappa shape index (κ2) is 18.5. The van der Waals surface area contributed by atoms with Crippen molar-refractivity contribution in [3.05, 3.63) is 54.1 Å². The molecular formula is C32H50O2. The first kappa shape index (κ1) is 28.4. The van der Waals surface area contributed by atoms with Crippen LogP contribution in [0.2, 0.25) is 0 Å². The van der Waals surface area contributed by atoms with Crippen molar-refractivity contribution in [2.75, 3.05) is 13.2 Å². The molecule has 0 aliphatic carbocycles. The molecule has 2 aromatic carbocycles. The molecule has 0 fully saturated rings. The number of aryl methyl sites for hydroxylation is 1. The average Bonchev–Trinajstić information content (AvgIpc) is 2.86. The summed E-state index contributed by atoms with van der Waals surface area (Å²) in [6.45, 7) is 8.42. The first-order valence-corrected chi connectivity index (χ1v) is 14.2. The van der Waals surface area contributed by atoms with E-state index in [-0.39, 0.29) is 0 Å². The van der Waals surface area contributed by atoms with Crippen LogP contribution in [0.5, 0.6) is 5.75 Å². The van der Waals surface area contributed by atoms with Crippen LogP contribution in [0.15, 0.2) is 48.5 Å². The van der Waals surface area contributed by atoms with E-state index in [4.69, 9.17) is 9.47 Å². The molecule has 0 bridgehead atoms. The summed E-state index contributed by atoms with van der Waals surface area (Å²) in [5.41, 5.74) is 3.95. The Morgan fingerprint density at radius 2 is 1.18 bits per heavy atom. The third kappa shape index (κ3) is 12.6. The predicted molar refractivity (Wildman–Crippen MR) is 148 cm³/mol.